The zero-order valence-corrected chi connectivity index (χ0v) is 12.6. The fourth-order valence-electron chi connectivity index (χ4n) is 2.73. The van der Waals surface area contributed by atoms with Gasteiger partial charge in [0.05, 0.1) is 8.07 Å². The van der Waals surface area contributed by atoms with Crippen molar-refractivity contribution in [3.63, 3.8) is 0 Å². The van der Waals surface area contributed by atoms with E-state index in [4.69, 9.17) is 0 Å². The summed E-state index contributed by atoms with van der Waals surface area (Å²) in [7, 11) is -1.00. The van der Waals surface area contributed by atoms with Gasteiger partial charge in [0, 0.05) is 0 Å². The zero-order chi connectivity index (χ0) is 12.2. The van der Waals surface area contributed by atoms with Crippen molar-refractivity contribution in [2.75, 3.05) is 0 Å². The molecule has 0 N–H and O–H groups in total. The van der Waals surface area contributed by atoms with E-state index in [0.29, 0.717) is 0 Å². The van der Waals surface area contributed by atoms with Crippen LogP contribution in [0.1, 0.15) is 37.5 Å². The lowest BCUT2D eigenvalue weighted by molar-refractivity contribution is 1.09. The van der Waals surface area contributed by atoms with E-state index >= 15 is 0 Å². The molecule has 0 fully saturated rings. The van der Waals surface area contributed by atoms with Crippen molar-refractivity contribution in [3.05, 3.63) is 34.9 Å². The number of aryl methyl sites for hydroxylation is 2. The van der Waals surface area contributed by atoms with Crippen LogP contribution < -0.4 is 0 Å². The molecular weight excluding hydrogens is 208 g/mol. The summed E-state index contributed by atoms with van der Waals surface area (Å²) in [6.07, 6.45) is 0. The van der Waals surface area contributed by atoms with E-state index in [2.05, 4.69) is 52.8 Å². The van der Waals surface area contributed by atoms with Crippen LogP contribution in [0.2, 0.25) is 18.1 Å². The highest BCUT2D eigenvalue weighted by Crippen LogP contribution is 2.25. The Labute approximate surface area is 102 Å². The van der Waals surface area contributed by atoms with Crippen LogP contribution in [0.25, 0.3) is 0 Å². The van der Waals surface area contributed by atoms with Gasteiger partial charge in [0.25, 0.3) is 0 Å². The molecule has 0 nitrogen and oxygen atoms in total. The molecule has 0 saturated heterocycles. The van der Waals surface area contributed by atoms with Gasteiger partial charge in [-0.3, -0.25) is 0 Å². The average Bonchev–Trinajstić information content (AvgIpc) is 2.25. The SMILES string of the molecule is CC[Si](CC)(CC)Cc1cc(C)cc(C)c1. The Kier molecular flexibility index (Phi) is 4.79. The van der Waals surface area contributed by atoms with Crippen LogP contribution in [0, 0.1) is 13.8 Å². The van der Waals surface area contributed by atoms with E-state index in [9.17, 15) is 0 Å². The molecule has 0 spiro atoms. The molecule has 1 heteroatoms. The van der Waals surface area contributed by atoms with E-state index < -0.39 is 8.07 Å². The Bertz CT molecular complexity index is 309. The molecule has 0 unspecified atom stereocenters. The van der Waals surface area contributed by atoms with Crippen LogP contribution in [0.15, 0.2) is 18.2 Å². The Morgan fingerprint density at radius 1 is 0.812 bits per heavy atom. The van der Waals surface area contributed by atoms with Crippen molar-refractivity contribution < 1.29 is 0 Å². The van der Waals surface area contributed by atoms with Gasteiger partial charge >= 0.3 is 0 Å². The monoisotopic (exact) mass is 234 g/mol. The second-order valence-corrected chi connectivity index (χ2v) is 10.7. The summed E-state index contributed by atoms with van der Waals surface area (Å²) in [6.45, 7) is 11.6. The number of hydrogen-bond acceptors (Lipinski definition) is 0. The maximum absolute atomic E-state index is 2.39. The lowest BCUT2D eigenvalue weighted by Gasteiger charge is -2.28. The molecule has 0 heterocycles. The molecule has 0 aliphatic carbocycles. The fourth-order valence-corrected chi connectivity index (χ4v) is 6.05. The zero-order valence-electron chi connectivity index (χ0n) is 11.6. The minimum atomic E-state index is -1.00. The lowest BCUT2D eigenvalue weighted by Crippen LogP contribution is -2.34. The fraction of sp³-hybridized carbons (Fsp3) is 0.600. The summed E-state index contributed by atoms with van der Waals surface area (Å²) in [6, 6.07) is 12.7. The Morgan fingerprint density at radius 3 is 1.62 bits per heavy atom. The molecule has 0 saturated carbocycles. The van der Waals surface area contributed by atoms with Crippen LogP contribution in [0.4, 0.5) is 0 Å². The quantitative estimate of drug-likeness (QED) is 0.636. The van der Waals surface area contributed by atoms with Crippen molar-refractivity contribution in [3.8, 4) is 0 Å². The van der Waals surface area contributed by atoms with Crippen molar-refractivity contribution in [2.45, 2.75) is 58.8 Å². The molecule has 0 aromatic heterocycles. The van der Waals surface area contributed by atoms with Crippen molar-refractivity contribution in [1.29, 1.82) is 0 Å². The molecule has 0 atom stereocenters. The third-order valence-corrected chi connectivity index (χ3v) is 9.77. The highest BCUT2D eigenvalue weighted by atomic mass is 28.3. The normalized spacial score (nSPS) is 11.8. The van der Waals surface area contributed by atoms with Crippen LogP contribution in [0.5, 0.6) is 0 Å². The molecular formula is C15H26Si. The second kappa shape index (κ2) is 5.67. The predicted molar refractivity (Wildman–Crippen MR) is 76.8 cm³/mol. The van der Waals surface area contributed by atoms with Gasteiger partial charge in [0.1, 0.15) is 0 Å². The molecule has 0 bridgehead atoms. The van der Waals surface area contributed by atoms with E-state index in [1.54, 1.807) is 5.56 Å². The third kappa shape index (κ3) is 3.21. The summed E-state index contributed by atoms with van der Waals surface area (Å²) in [5.74, 6) is 0. The summed E-state index contributed by atoms with van der Waals surface area (Å²) in [5, 5.41) is 0. The predicted octanol–water partition coefficient (Wildman–Crippen LogP) is 4.89. The Hall–Kier alpha value is -0.563. The lowest BCUT2D eigenvalue weighted by atomic mass is 10.1. The van der Waals surface area contributed by atoms with E-state index in [1.165, 1.54) is 35.3 Å². The van der Waals surface area contributed by atoms with Crippen molar-refractivity contribution >= 4 is 8.07 Å². The van der Waals surface area contributed by atoms with Crippen LogP contribution >= 0.6 is 0 Å². The Balaban J connectivity index is 2.93. The van der Waals surface area contributed by atoms with Gasteiger partial charge in [0.15, 0.2) is 0 Å². The molecule has 0 radical (unpaired) electrons. The van der Waals surface area contributed by atoms with E-state index in [0.717, 1.165) is 0 Å². The molecule has 1 rings (SSSR count). The van der Waals surface area contributed by atoms with E-state index in [-0.39, 0.29) is 0 Å². The summed E-state index contributed by atoms with van der Waals surface area (Å²) < 4.78 is 0. The highest BCUT2D eigenvalue weighted by Gasteiger charge is 2.26. The summed E-state index contributed by atoms with van der Waals surface area (Å²) in [5.41, 5.74) is 4.41. The smallest absolute Gasteiger partial charge is 0.0571 e. The van der Waals surface area contributed by atoms with Gasteiger partial charge in [-0.25, -0.2) is 0 Å². The van der Waals surface area contributed by atoms with Crippen molar-refractivity contribution in [2.24, 2.45) is 0 Å². The Morgan fingerprint density at radius 2 is 1.25 bits per heavy atom. The molecule has 0 aliphatic heterocycles. The molecule has 0 aliphatic rings. The van der Waals surface area contributed by atoms with E-state index in [1.807, 2.05) is 0 Å². The first-order chi connectivity index (χ1) is 7.55. The second-order valence-electron chi connectivity index (χ2n) is 5.23. The van der Waals surface area contributed by atoms with Crippen LogP contribution in [-0.4, -0.2) is 8.07 Å². The summed E-state index contributed by atoms with van der Waals surface area (Å²) >= 11 is 0. The molecule has 16 heavy (non-hydrogen) atoms. The highest BCUT2D eigenvalue weighted by molar-refractivity contribution is 6.79. The number of benzene rings is 1. The first kappa shape index (κ1) is 13.5. The molecule has 1 aromatic carbocycles. The topological polar surface area (TPSA) is 0 Å². The average molecular weight is 234 g/mol. The first-order valence-corrected chi connectivity index (χ1v) is 9.45. The largest absolute Gasteiger partial charge is 0.0678 e. The molecule has 0 amide bonds. The standard InChI is InChI=1S/C15H26Si/c1-6-16(7-2,8-3)12-15-10-13(4)9-14(5)11-15/h9-11H,6-8,12H2,1-5H3. The van der Waals surface area contributed by atoms with Crippen LogP contribution in [0.3, 0.4) is 0 Å². The van der Waals surface area contributed by atoms with Crippen LogP contribution in [-0.2, 0) is 6.04 Å². The maximum Gasteiger partial charge on any atom is 0.0571 e. The summed E-state index contributed by atoms with van der Waals surface area (Å²) in [4.78, 5) is 0. The first-order valence-electron chi connectivity index (χ1n) is 6.62. The van der Waals surface area contributed by atoms with Crippen molar-refractivity contribution in [1.82, 2.24) is 0 Å². The third-order valence-electron chi connectivity index (χ3n) is 4.11. The maximum atomic E-state index is 2.39. The molecule has 1 aromatic rings. The van der Waals surface area contributed by atoms with Gasteiger partial charge in [0.2, 0.25) is 0 Å². The van der Waals surface area contributed by atoms with Gasteiger partial charge in [-0.1, -0.05) is 73.8 Å². The van der Waals surface area contributed by atoms with Gasteiger partial charge in [-0.15, -0.1) is 0 Å². The number of rotatable bonds is 5. The number of hydrogen-bond donors (Lipinski definition) is 0. The molecule has 90 valence electrons. The minimum absolute atomic E-state index is 1.00. The minimum Gasteiger partial charge on any atom is -0.0678 e. The van der Waals surface area contributed by atoms with Gasteiger partial charge in [-0.2, -0.15) is 0 Å². The van der Waals surface area contributed by atoms with Gasteiger partial charge in [-0.05, 0) is 19.9 Å². The van der Waals surface area contributed by atoms with Gasteiger partial charge < -0.3 is 0 Å².